The van der Waals surface area contributed by atoms with E-state index in [-0.39, 0.29) is 0 Å². The zero-order valence-electron chi connectivity index (χ0n) is 30.5. The lowest BCUT2D eigenvalue weighted by atomic mass is 9.85. The summed E-state index contributed by atoms with van der Waals surface area (Å²) < 4.78 is 0. The van der Waals surface area contributed by atoms with Crippen molar-refractivity contribution in [1.82, 2.24) is 15.0 Å². The first kappa shape index (κ1) is 33.1. The molecule has 0 bridgehead atoms. The minimum Gasteiger partial charge on any atom is -0.264 e. The van der Waals surface area contributed by atoms with Crippen LogP contribution in [0.2, 0.25) is 0 Å². The quantitative estimate of drug-likeness (QED) is 0.154. The molecule has 262 valence electrons. The van der Waals surface area contributed by atoms with Gasteiger partial charge in [0.05, 0.1) is 11.4 Å². The van der Waals surface area contributed by atoms with Crippen LogP contribution in [0.25, 0.3) is 100.0 Å². The van der Waals surface area contributed by atoms with E-state index in [4.69, 9.17) is 9.97 Å². The Balaban J connectivity index is 1.08. The molecule has 10 rings (SSSR count). The smallest absolute Gasteiger partial charge is 0.160 e. The zero-order chi connectivity index (χ0) is 37.3. The van der Waals surface area contributed by atoms with Crippen LogP contribution in [0, 0.1) is 0 Å². The fraction of sp³-hybridized carbons (Fsp3) is 0. The number of rotatable bonds is 7. The first-order chi connectivity index (χ1) is 27.8. The second-order valence-electron chi connectivity index (χ2n) is 14.0. The molecule has 10 aromatic rings. The predicted octanol–water partition coefficient (Wildman–Crippen LogP) is 13.8. The van der Waals surface area contributed by atoms with Crippen LogP contribution in [-0.2, 0) is 0 Å². The summed E-state index contributed by atoms with van der Waals surface area (Å²) in [5.74, 6) is 0.697. The average Bonchev–Trinajstić information content (AvgIpc) is 3.29. The van der Waals surface area contributed by atoms with Crippen molar-refractivity contribution in [3.8, 4) is 78.4 Å². The zero-order valence-corrected chi connectivity index (χ0v) is 30.5. The fourth-order valence-corrected chi connectivity index (χ4v) is 7.85. The molecule has 8 aromatic carbocycles. The molecule has 56 heavy (non-hydrogen) atoms. The van der Waals surface area contributed by atoms with Gasteiger partial charge in [-0.3, -0.25) is 4.98 Å². The number of hydrogen-bond acceptors (Lipinski definition) is 3. The van der Waals surface area contributed by atoms with Crippen LogP contribution in [0.4, 0.5) is 0 Å². The number of pyridine rings is 1. The van der Waals surface area contributed by atoms with E-state index < -0.39 is 0 Å². The van der Waals surface area contributed by atoms with Crippen molar-refractivity contribution in [2.75, 3.05) is 0 Å². The van der Waals surface area contributed by atoms with Crippen LogP contribution in [0.3, 0.4) is 0 Å². The molecule has 0 atom stereocenters. The minimum atomic E-state index is 0.697. The lowest BCUT2D eigenvalue weighted by molar-refractivity contribution is 1.18. The monoisotopic (exact) mass is 713 g/mol. The Morgan fingerprint density at radius 1 is 0.268 bits per heavy atom. The minimum absolute atomic E-state index is 0.697. The third-order valence-corrected chi connectivity index (χ3v) is 10.6. The Hall–Kier alpha value is -7.49. The lowest BCUT2D eigenvalue weighted by Crippen LogP contribution is -1.96. The molecule has 0 aliphatic heterocycles. The SMILES string of the molecule is c1ccc(-c2nc(-c3ccc(-c4cccnc4)cc3)cc(-c3ccc(-c4ccc5c(-c6ccccc6)c6ccccc6c(-c6ccccc6)c5c4)cc3)n2)cc1. The predicted molar refractivity (Wildman–Crippen MR) is 233 cm³/mol. The summed E-state index contributed by atoms with van der Waals surface area (Å²) in [4.78, 5) is 14.4. The Morgan fingerprint density at radius 3 is 1.23 bits per heavy atom. The molecular formula is C53H35N3. The van der Waals surface area contributed by atoms with Gasteiger partial charge in [0.1, 0.15) is 0 Å². The highest BCUT2D eigenvalue weighted by atomic mass is 14.9. The molecule has 2 aromatic heterocycles. The molecule has 0 amide bonds. The van der Waals surface area contributed by atoms with E-state index in [0.29, 0.717) is 5.82 Å². The molecule has 0 radical (unpaired) electrons. The van der Waals surface area contributed by atoms with Crippen molar-refractivity contribution in [3.05, 3.63) is 213 Å². The van der Waals surface area contributed by atoms with Crippen molar-refractivity contribution < 1.29 is 0 Å². The first-order valence-corrected chi connectivity index (χ1v) is 18.9. The highest BCUT2D eigenvalue weighted by Crippen LogP contribution is 2.45. The van der Waals surface area contributed by atoms with Crippen molar-refractivity contribution in [2.24, 2.45) is 0 Å². The van der Waals surface area contributed by atoms with Gasteiger partial charge < -0.3 is 0 Å². The van der Waals surface area contributed by atoms with Gasteiger partial charge in [0, 0.05) is 29.1 Å². The molecule has 0 aliphatic carbocycles. The molecule has 3 nitrogen and oxygen atoms in total. The summed E-state index contributed by atoms with van der Waals surface area (Å²) in [6.45, 7) is 0. The van der Waals surface area contributed by atoms with Gasteiger partial charge in [-0.25, -0.2) is 9.97 Å². The summed E-state index contributed by atoms with van der Waals surface area (Å²) >= 11 is 0. The van der Waals surface area contributed by atoms with E-state index in [1.165, 1.54) is 43.8 Å². The number of hydrogen-bond donors (Lipinski definition) is 0. The first-order valence-electron chi connectivity index (χ1n) is 18.9. The van der Waals surface area contributed by atoms with Gasteiger partial charge in [-0.2, -0.15) is 0 Å². The summed E-state index contributed by atoms with van der Waals surface area (Å²) in [5, 5.41) is 4.98. The van der Waals surface area contributed by atoms with Crippen molar-refractivity contribution >= 4 is 21.5 Å². The van der Waals surface area contributed by atoms with Crippen LogP contribution in [0.15, 0.2) is 213 Å². The van der Waals surface area contributed by atoms with Gasteiger partial charge in [0.2, 0.25) is 0 Å². The summed E-state index contributed by atoms with van der Waals surface area (Å²) in [5.41, 5.74) is 14.2. The molecule has 2 heterocycles. The van der Waals surface area contributed by atoms with E-state index >= 15 is 0 Å². The van der Waals surface area contributed by atoms with Gasteiger partial charge >= 0.3 is 0 Å². The molecule has 0 saturated heterocycles. The topological polar surface area (TPSA) is 38.7 Å². The number of benzene rings is 8. The van der Waals surface area contributed by atoms with Gasteiger partial charge in [-0.05, 0) is 84.3 Å². The van der Waals surface area contributed by atoms with Gasteiger partial charge in [0.25, 0.3) is 0 Å². The Bertz CT molecular complexity index is 2960. The normalized spacial score (nSPS) is 11.2. The Labute approximate surface area is 326 Å². The fourth-order valence-electron chi connectivity index (χ4n) is 7.85. The third-order valence-electron chi connectivity index (χ3n) is 10.6. The standard InChI is InChI=1S/C53H35N3/c1-4-13-40(14-5-1)51-45-20-10-11-21-46(45)52(41-15-6-2-7-16-41)48-33-43(30-31-47(48)51)36-22-26-38(27-23-36)49-34-50(56-53(55-49)42-17-8-3-9-18-42)39-28-24-37(25-29-39)44-19-12-32-54-35-44/h1-35H. The maximum absolute atomic E-state index is 5.10. The molecule has 0 saturated carbocycles. The van der Waals surface area contributed by atoms with E-state index in [0.717, 1.165) is 50.3 Å². The molecule has 0 spiro atoms. The Morgan fingerprint density at radius 2 is 0.696 bits per heavy atom. The largest absolute Gasteiger partial charge is 0.264 e. The highest BCUT2D eigenvalue weighted by molar-refractivity contribution is 6.22. The third kappa shape index (κ3) is 6.21. The molecule has 0 unspecified atom stereocenters. The maximum Gasteiger partial charge on any atom is 0.160 e. The van der Waals surface area contributed by atoms with E-state index in [1.807, 2.05) is 30.5 Å². The summed E-state index contributed by atoms with van der Waals surface area (Å²) in [6, 6.07) is 70.9. The van der Waals surface area contributed by atoms with Gasteiger partial charge in [-0.15, -0.1) is 0 Å². The summed E-state index contributed by atoms with van der Waals surface area (Å²) in [7, 11) is 0. The second-order valence-corrected chi connectivity index (χ2v) is 14.0. The lowest BCUT2D eigenvalue weighted by Gasteiger charge is -2.18. The molecule has 0 fully saturated rings. The van der Waals surface area contributed by atoms with Gasteiger partial charge in [-0.1, -0.05) is 182 Å². The van der Waals surface area contributed by atoms with Crippen molar-refractivity contribution in [2.45, 2.75) is 0 Å². The maximum atomic E-state index is 5.10. The van der Waals surface area contributed by atoms with Gasteiger partial charge in [0.15, 0.2) is 5.82 Å². The Kier molecular flexibility index (Phi) is 8.51. The molecular weight excluding hydrogens is 679 g/mol. The number of fused-ring (bicyclic) bond motifs is 2. The van der Waals surface area contributed by atoms with Crippen LogP contribution >= 0.6 is 0 Å². The number of aromatic nitrogens is 3. The molecule has 3 heteroatoms. The van der Waals surface area contributed by atoms with E-state index in [9.17, 15) is 0 Å². The van der Waals surface area contributed by atoms with Crippen molar-refractivity contribution in [3.63, 3.8) is 0 Å². The number of nitrogens with zero attached hydrogens (tertiary/aromatic N) is 3. The van der Waals surface area contributed by atoms with Crippen LogP contribution in [-0.4, -0.2) is 15.0 Å². The average molecular weight is 714 g/mol. The summed E-state index contributed by atoms with van der Waals surface area (Å²) in [6.07, 6.45) is 3.68. The van der Waals surface area contributed by atoms with Crippen LogP contribution in [0.5, 0.6) is 0 Å². The van der Waals surface area contributed by atoms with E-state index in [2.05, 4.69) is 181 Å². The molecule has 0 N–H and O–H groups in total. The van der Waals surface area contributed by atoms with Crippen LogP contribution in [0.1, 0.15) is 0 Å². The molecule has 0 aliphatic rings. The van der Waals surface area contributed by atoms with E-state index in [1.54, 1.807) is 6.20 Å². The van der Waals surface area contributed by atoms with Crippen LogP contribution < -0.4 is 0 Å². The van der Waals surface area contributed by atoms with Crippen molar-refractivity contribution in [1.29, 1.82) is 0 Å². The highest BCUT2D eigenvalue weighted by Gasteiger charge is 2.18. The second kappa shape index (κ2) is 14.4.